The molecule has 0 saturated heterocycles. The van der Waals surface area contributed by atoms with Gasteiger partial charge in [0.05, 0.1) is 38.8 Å². The maximum atomic E-state index is 6.98. The molecule has 0 amide bonds. The van der Waals surface area contributed by atoms with E-state index in [1.807, 2.05) is 24.4 Å². The maximum Gasteiger partial charge on any atom is 0.269 e. The first-order valence-corrected chi connectivity index (χ1v) is 28.8. The lowest BCUT2D eigenvalue weighted by atomic mass is 9.62. The van der Waals surface area contributed by atoms with E-state index in [4.69, 9.17) is 14.1 Å². The number of hydrogen-bond acceptors (Lipinski definition) is 3. The first-order chi connectivity index (χ1) is 38.2. The third kappa shape index (κ3) is 7.95. The van der Waals surface area contributed by atoms with Gasteiger partial charge in [0.25, 0.3) is 6.33 Å². The van der Waals surface area contributed by atoms with Gasteiger partial charge in [0.1, 0.15) is 28.5 Å². The normalized spacial score (nSPS) is 16.4. The molecular weight excluding hydrogens is 977 g/mol. The third-order valence-electron chi connectivity index (χ3n) is 18.5. The molecule has 398 valence electrons. The maximum absolute atomic E-state index is 6.98. The van der Waals surface area contributed by atoms with E-state index in [0.717, 1.165) is 96.3 Å². The second kappa shape index (κ2) is 17.6. The van der Waals surface area contributed by atoms with Crippen LogP contribution in [-0.4, -0.2) is 14.1 Å². The molecule has 0 spiro atoms. The minimum atomic E-state index is -0.0755. The van der Waals surface area contributed by atoms with Crippen molar-refractivity contribution in [1.29, 1.82) is 0 Å². The van der Waals surface area contributed by atoms with Gasteiger partial charge in [-0.3, -0.25) is 13.7 Å². The molecule has 0 saturated carbocycles. The second-order valence-electron chi connectivity index (χ2n) is 26.7. The highest BCUT2D eigenvalue weighted by molar-refractivity contribution is 6.24. The van der Waals surface area contributed by atoms with E-state index in [0.29, 0.717) is 0 Å². The molecular formula is C74H70N4O2. The van der Waals surface area contributed by atoms with E-state index in [-0.39, 0.29) is 27.1 Å². The average Bonchev–Trinajstić information content (AvgIpc) is 4.20. The summed E-state index contributed by atoms with van der Waals surface area (Å²) < 4.78 is 20.3. The quantitative estimate of drug-likeness (QED) is 0.118. The number of hydrogen-bond donors (Lipinski definition) is 0. The minimum absolute atomic E-state index is 0.0552. The van der Waals surface area contributed by atoms with Crippen LogP contribution in [0.1, 0.15) is 130 Å². The van der Waals surface area contributed by atoms with Crippen LogP contribution in [-0.2, 0) is 27.1 Å². The predicted octanol–water partition coefficient (Wildman–Crippen LogP) is 19.2. The Bertz CT molecular complexity index is 4410. The van der Waals surface area contributed by atoms with Crippen molar-refractivity contribution in [2.24, 2.45) is 0 Å². The van der Waals surface area contributed by atoms with Crippen LogP contribution >= 0.6 is 0 Å². The fourth-order valence-electron chi connectivity index (χ4n) is 13.6. The van der Waals surface area contributed by atoms with Gasteiger partial charge in [-0.05, 0) is 163 Å². The Morgan fingerprint density at radius 2 is 1.14 bits per heavy atom. The van der Waals surface area contributed by atoms with Gasteiger partial charge in [-0.25, -0.2) is 4.98 Å². The summed E-state index contributed by atoms with van der Waals surface area (Å²) in [6.45, 7) is 26.1. The van der Waals surface area contributed by atoms with Crippen molar-refractivity contribution in [2.45, 2.75) is 129 Å². The topological polar surface area (TPSA) is 49.0 Å². The van der Waals surface area contributed by atoms with Gasteiger partial charge in [-0.2, -0.15) is 0 Å². The molecule has 2 aliphatic rings. The Balaban J connectivity index is 0.925. The highest BCUT2D eigenvalue weighted by Crippen LogP contribution is 2.50. The number of fused-ring (bicyclic) bond motifs is 10. The van der Waals surface area contributed by atoms with Gasteiger partial charge in [-0.1, -0.05) is 179 Å². The minimum Gasteiger partial charge on any atom is -0.458 e. The zero-order valence-corrected chi connectivity index (χ0v) is 48.2. The van der Waals surface area contributed by atoms with Crippen LogP contribution in [0.25, 0.3) is 94.2 Å². The lowest BCUT2D eigenvalue weighted by Crippen LogP contribution is -2.34. The smallest absolute Gasteiger partial charge is 0.269 e. The summed E-state index contributed by atoms with van der Waals surface area (Å²) in [5.74, 6) is 2.29. The van der Waals surface area contributed by atoms with Crippen molar-refractivity contribution in [3.8, 4) is 50.9 Å². The molecule has 0 aliphatic heterocycles. The summed E-state index contributed by atoms with van der Waals surface area (Å²) in [6, 6.07) is 62.1. The number of aromatic nitrogens is 4. The van der Waals surface area contributed by atoms with E-state index in [9.17, 15) is 0 Å². The largest absolute Gasteiger partial charge is 0.458 e. The molecule has 8 aromatic carbocycles. The van der Waals surface area contributed by atoms with E-state index in [1.165, 1.54) is 62.9 Å². The van der Waals surface area contributed by atoms with Crippen LogP contribution in [0.2, 0.25) is 0 Å². The molecule has 2 aliphatic carbocycles. The van der Waals surface area contributed by atoms with Crippen LogP contribution in [0, 0.1) is 6.33 Å². The van der Waals surface area contributed by atoms with Crippen molar-refractivity contribution >= 4 is 54.8 Å². The summed E-state index contributed by atoms with van der Waals surface area (Å²) in [5.41, 5.74) is 20.0. The zero-order chi connectivity index (χ0) is 55.3. The number of furan rings is 1. The van der Waals surface area contributed by atoms with E-state index in [2.05, 4.69) is 248 Å². The Kier molecular flexibility index (Phi) is 11.0. The Labute approximate surface area is 470 Å². The molecule has 14 rings (SSSR count). The fraction of sp³-hybridized carbons (Fsp3) is 0.270. The zero-order valence-electron chi connectivity index (χ0n) is 48.2. The molecule has 6 nitrogen and oxygen atoms in total. The van der Waals surface area contributed by atoms with Crippen LogP contribution in [0.3, 0.4) is 0 Å². The number of ether oxygens (including phenoxy) is 1. The van der Waals surface area contributed by atoms with E-state index in [1.54, 1.807) is 0 Å². The van der Waals surface area contributed by atoms with Crippen molar-refractivity contribution in [2.75, 3.05) is 0 Å². The van der Waals surface area contributed by atoms with Gasteiger partial charge in [-0.15, -0.1) is 0 Å². The summed E-state index contributed by atoms with van der Waals surface area (Å²) in [7, 11) is 0. The summed E-state index contributed by atoms with van der Waals surface area (Å²) in [5, 5.41) is 4.38. The van der Waals surface area contributed by atoms with Crippen molar-refractivity contribution in [3.05, 3.63) is 210 Å². The number of para-hydroxylation sites is 4. The highest BCUT2D eigenvalue weighted by Gasteiger charge is 2.39. The lowest BCUT2D eigenvalue weighted by molar-refractivity contribution is -0.571. The lowest BCUT2D eigenvalue weighted by Gasteiger charge is -2.42. The molecule has 4 aromatic heterocycles. The van der Waals surface area contributed by atoms with E-state index >= 15 is 0 Å². The van der Waals surface area contributed by atoms with Gasteiger partial charge in [0, 0.05) is 28.4 Å². The molecule has 0 N–H and O–H groups in total. The molecule has 0 unspecified atom stereocenters. The first kappa shape index (κ1) is 50.0. The van der Waals surface area contributed by atoms with Crippen LogP contribution in [0.4, 0.5) is 0 Å². The van der Waals surface area contributed by atoms with Gasteiger partial charge in [0.15, 0.2) is 0 Å². The second-order valence-corrected chi connectivity index (χ2v) is 26.7. The number of imidazole rings is 1. The standard InChI is InChI=1S/C74H70N4O2/c1-70(2,3)48-34-39-75-66(42-48)78-63-44-51(28-29-54(63)55-30-33-65-67(69(55)78)56-20-12-15-25-64(56)80-65)79-50-19-16-18-49(43-50)76-45-77(62-24-14-13-23-61(62)76)68-52(46-26-31-57-59(40-46)73(8,9)37-35-71(57,4)5)21-17-22-53(68)47-27-32-58-60(41-47)74(10,11)38-36-72(58,6)7/h12-34,39-44H,35-38H2,1-11H3. The Morgan fingerprint density at radius 3 is 1.82 bits per heavy atom. The van der Waals surface area contributed by atoms with Crippen LogP contribution < -0.4 is 9.30 Å². The number of nitrogens with zero attached hydrogens (tertiary/aromatic N) is 4. The molecule has 0 bridgehead atoms. The monoisotopic (exact) mass is 1050 g/mol. The highest BCUT2D eigenvalue weighted by atomic mass is 16.5. The number of rotatable bonds is 7. The molecule has 80 heavy (non-hydrogen) atoms. The number of benzene rings is 8. The molecule has 6 heteroatoms. The first-order valence-electron chi connectivity index (χ1n) is 28.8. The molecule has 12 aromatic rings. The third-order valence-corrected chi connectivity index (χ3v) is 18.5. The summed E-state index contributed by atoms with van der Waals surface area (Å²) >= 11 is 0. The van der Waals surface area contributed by atoms with Crippen molar-refractivity contribution < 1.29 is 13.7 Å². The fourth-order valence-corrected chi connectivity index (χ4v) is 13.6. The Morgan fingerprint density at radius 1 is 0.525 bits per heavy atom. The molecule has 0 atom stereocenters. The van der Waals surface area contributed by atoms with Crippen LogP contribution in [0.5, 0.6) is 11.5 Å². The van der Waals surface area contributed by atoms with E-state index < -0.39 is 0 Å². The Hall–Kier alpha value is -8.22. The average molecular weight is 1050 g/mol. The van der Waals surface area contributed by atoms with Crippen LogP contribution in [0.15, 0.2) is 180 Å². The van der Waals surface area contributed by atoms with Gasteiger partial charge >= 0.3 is 0 Å². The van der Waals surface area contributed by atoms with Crippen molar-refractivity contribution in [1.82, 2.24) is 14.1 Å². The molecule has 0 radical (unpaired) electrons. The van der Waals surface area contributed by atoms with Crippen molar-refractivity contribution in [3.63, 3.8) is 0 Å². The number of pyridine rings is 1. The summed E-state index contributed by atoms with van der Waals surface area (Å²) in [4.78, 5) is 5.06. The molecule has 0 fully saturated rings. The van der Waals surface area contributed by atoms with Gasteiger partial charge in [0.2, 0.25) is 0 Å². The SMILES string of the molecule is CC(C)(C)c1ccnc(-n2c3cc(Oc4cccc(-n5[c-][n+](-c6c(-c7ccc8c(c7)C(C)(C)CCC8(C)C)cccc6-c6ccc7c(c6)C(C)(C)CCC7(C)C)c6ccccc65)c4)ccc3c3ccc4oc5ccccc5c4c32)c1. The summed E-state index contributed by atoms with van der Waals surface area (Å²) in [6.07, 6.45) is 10.6. The predicted molar refractivity (Wildman–Crippen MR) is 330 cm³/mol. The molecule has 4 heterocycles. The van der Waals surface area contributed by atoms with Gasteiger partial charge < -0.3 is 9.15 Å².